The van der Waals surface area contributed by atoms with Crippen molar-refractivity contribution >= 4 is 18.1 Å². The number of hydrazone groups is 1. The summed E-state index contributed by atoms with van der Waals surface area (Å²) < 4.78 is 1.62. The molecule has 88 valence electrons. The summed E-state index contributed by atoms with van der Waals surface area (Å²) in [5.74, 6) is 0.129. The van der Waals surface area contributed by atoms with Gasteiger partial charge in [-0.05, 0) is 10.6 Å². The molecule has 0 aromatic heterocycles. The fourth-order valence-corrected chi connectivity index (χ4v) is 1.77. The van der Waals surface area contributed by atoms with Gasteiger partial charge in [-0.1, -0.05) is 30.3 Å². The van der Waals surface area contributed by atoms with Crippen molar-refractivity contribution < 1.29 is 4.68 Å². The number of rotatable bonds is 1. The molecule has 6 heteroatoms. The van der Waals surface area contributed by atoms with Crippen LogP contribution in [-0.4, -0.2) is 22.8 Å². The summed E-state index contributed by atoms with van der Waals surface area (Å²) >= 11 is 0. The van der Waals surface area contributed by atoms with Crippen molar-refractivity contribution in [3.8, 4) is 0 Å². The maximum Gasteiger partial charge on any atom is 0.412 e. The Hall–Kier alpha value is -2.37. The third-order valence-corrected chi connectivity index (χ3v) is 2.49. The third kappa shape index (κ3) is 2.41. The number of hydrogen-bond donors (Lipinski definition) is 3. The van der Waals surface area contributed by atoms with E-state index in [2.05, 4.69) is 10.1 Å². The zero-order valence-electron chi connectivity index (χ0n) is 9.32. The highest BCUT2D eigenvalue weighted by Crippen LogP contribution is 2.23. The molecule has 1 aliphatic rings. The van der Waals surface area contributed by atoms with Gasteiger partial charge >= 0.3 is 5.96 Å². The van der Waals surface area contributed by atoms with Crippen molar-refractivity contribution in [2.75, 3.05) is 0 Å². The number of aliphatic imine (C=N–C) groups is 1. The Labute approximate surface area is 99.1 Å². The van der Waals surface area contributed by atoms with Gasteiger partial charge in [0, 0.05) is 12.6 Å². The van der Waals surface area contributed by atoms with E-state index in [1.54, 1.807) is 10.9 Å². The minimum absolute atomic E-state index is 0.0549. The van der Waals surface area contributed by atoms with Gasteiger partial charge in [-0.2, -0.15) is 0 Å². The largest absolute Gasteiger partial charge is 0.412 e. The minimum atomic E-state index is -0.0728. The van der Waals surface area contributed by atoms with Gasteiger partial charge in [0.25, 0.3) is 5.96 Å². The maximum atomic E-state index is 5.79. The normalized spacial score (nSPS) is 21.3. The molecule has 0 radical (unpaired) electrons. The first kappa shape index (κ1) is 11.1. The Morgan fingerprint density at radius 2 is 1.94 bits per heavy atom. The Morgan fingerprint density at radius 1 is 1.24 bits per heavy atom. The van der Waals surface area contributed by atoms with Gasteiger partial charge in [0.2, 0.25) is 0 Å². The predicted molar refractivity (Wildman–Crippen MR) is 67.6 cm³/mol. The number of guanidine groups is 2. The van der Waals surface area contributed by atoms with E-state index in [-0.39, 0.29) is 18.0 Å². The van der Waals surface area contributed by atoms with E-state index in [9.17, 15) is 0 Å². The lowest BCUT2D eigenvalue weighted by Crippen LogP contribution is -2.31. The van der Waals surface area contributed by atoms with E-state index >= 15 is 0 Å². The molecule has 1 aromatic rings. The van der Waals surface area contributed by atoms with E-state index in [0.29, 0.717) is 0 Å². The Balaban J connectivity index is 2.35. The molecule has 2 rings (SSSR count). The molecule has 1 aromatic carbocycles. The number of nitrogens with two attached hydrogens (primary N) is 3. The average Bonchev–Trinajstić information content (AvgIpc) is 2.78. The number of benzene rings is 1. The lowest BCUT2D eigenvalue weighted by Gasteiger charge is -2.09. The Morgan fingerprint density at radius 3 is 2.59 bits per heavy atom. The van der Waals surface area contributed by atoms with Crippen LogP contribution in [0.4, 0.5) is 0 Å². The lowest BCUT2D eigenvalue weighted by molar-refractivity contribution is -0.569. The van der Waals surface area contributed by atoms with Crippen molar-refractivity contribution in [3.05, 3.63) is 35.9 Å². The molecule has 1 heterocycles. The topological polar surface area (TPSA) is 106 Å². The highest BCUT2D eigenvalue weighted by atomic mass is 15.5. The van der Waals surface area contributed by atoms with Crippen molar-refractivity contribution in [1.29, 1.82) is 0 Å². The van der Waals surface area contributed by atoms with Crippen molar-refractivity contribution in [3.63, 3.8) is 0 Å². The van der Waals surface area contributed by atoms with Gasteiger partial charge in [0.05, 0.1) is 0 Å². The zero-order valence-corrected chi connectivity index (χ0v) is 9.32. The van der Waals surface area contributed by atoms with Crippen LogP contribution >= 0.6 is 0 Å². The molecule has 17 heavy (non-hydrogen) atoms. The molecule has 6 N–H and O–H groups in total. The zero-order chi connectivity index (χ0) is 12.3. The van der Waals surface area contributed by atoms with E-state index in [1.165, 1.54) is 0 Å². The second-order valence-electron chi connectivity index (χ2n) is 3.70. The second kappa shape index (κ2) is 4.65. The Bertz CT molecular complexity index is 484. The smallest absolute Gasteiger partial charge is 0.356 e. The molecule has 1 atom stereocenters. The quantitative estimate of drug-likeness (QED) is 0.351. The van der Waals surface area contributed by atoms with Gasteiger partial charge in [-0.15, -0.1) is 9.79 Å². The van der Waals surface area contributed by atoms with Crippen LogP contribution in [0.25, 0.3) is 0 Å². The van der Waals surface area contributed by atoms with E-state index < -0.39 is 0 Å². The molecule has 0 saturated heterocycles. The van der Waals surface area contributed by atoms with Crippen LogP contribution in [0.3, 0.4) is 0 Å². The van der Waals surface area contributed by atoms with E-state index in [1.807, 2.05) is 30.3 Å². The predicted octanol–water partition coefficient (Wildman–Crippen LogP) is -0.282. The molecular formula is C11H15N6+. The van der Waals surface area contributed by atoms with E-state index in [4.69, 9.17) is 17.2 Å². The van der Waals surface area contributed by atoms with Crippen LogP contribution in [0.15, 0.2) is 40.4 Å². The van der Waals surface area contributed by atoms with Gasteiger partial charge in [0.15, 0.2) is 0 Å². The highest BCUT2D eigenvalue weighted by Gasteiger charge is 2.25. The number of nitrogens with zero attached hydrogens (tertiary/aromatic N) is 3. The molecule has 0 fully saturated rings. The summed E-state index contributed by atoms with van der Waals surface area (Å²) in [5, 5.41) is 4.17. The molecule has 0 saturated carbocycles. The van der Waals surface area contributed by atoms with Gasteiger partial charge in [-0.3, -0.25) is 5.73 Å². The lowest BCUT2D eigenvalue weighted by atomic mass is 10.1. The van der Waals surface area contributed by atoms with Crippen molar-refractivity contribution in [1.82, 2.24) is 0 Å². The number of hydrogen-bond acceptors (Lipinski definition) is 1. The summed E-state index contributed by atoms with van der Waals surface area (Å²) in [5.41, 5.74) is 17.5. The highest BCUT2D eigenvalue weighted by molar-refractivity contribution is 5.90. The fraction of sp³-hybridized carbons (Fsp3) is 0.182. The van der Waals surface area contributed by atoms with Crippen LogP contribution in [0.5, 0.6) is 0 Å². The summed E-state index contributed by atoms with van der Waals surface area (Å²) in [7, 11) is 0. The molecule has 0 unspecified atom stereocenters. The Kier molecular flexibility index (Phi) is 3.04. The van der Waals surface area contributed by atoms with Crippen LogP contribution in [0, 0.1) is 0 Å². The SMILES string of the molecule is NC(N)=NC(N)=[N+]1N=CC[C@H]1c1ccccc1. The summed E-state index contributed by atoms with van der Waals surface area (Å²) in [6.07, 6.45) is 2.58. The summed E-state index contributed by atoms with van der Waals surface area (Å²) in [6.45, 7) is 0. The second-order valence-corrected chi connectivity index (χ2v) is 3.70. The summed E-state index contributed by atoms with van der Waals surface area (Å²) in [6, 6.07) is 10.0. The van der Waals surface area contributed by atoms with Crippen LogP contribution in [0.2, 0.25) is 0 Å². The van der Waals surface area contributed by atoms with Crippen LogP contribution in [0.1, 0.15) is 18.0 Å². The molecule has 0 spiro atoms. The molecule has 6 nitrogen and oxygen atoms in total. The van der Waals surface area contributed by atoms with Gasteiger partial charge in [0.1, 0.15) is 6.04 Å². The van der Waals surface area contributed by atoms with E-state index in [0.717, 1.165) is 12.0 Å². The monoisotopic (exact) mass is 231 g/mol. The molecule has 0 amide bonds. The first-order chi connectivity index (χ1) is 8.18. The average molecular weight is 231 g/mol. The van der Waals surface area contributed by atoms with Gasteiger partial charge in [-0.25, -0.2) is 0 Å². The molecule has 0 bridgehead atoms. The van der Waals surface area contributed by atoms with Crippen LogP contribution < -0.4 is 17.2 Å². The van der Waals surface area contributed by atoms with Crippen molar-refractivity contribution in [2.45, 2.75) is 12.5 Å². The maximum absolute atomic E-state index is 5.79. The van der Waals surface area contributed by atoms with Crippen LogP contribution in [-0.2, 0) is 0 Å². The van der Waals surface area contributed by atoms with Gasteiger partial charge < -0.3 is 11.5 Å². The molecular weight excluding hydrogens is 216 g/mol. The molecule has 0 aliphatic carbocycles. The fourth-order valence-electron chi connectivity index (χ4n) is 1.77. The minimum Gasteiger partial charge on any atom is -0.356 e. The van der Waals surface area contributed by atoms with Crippen molar-refractivity contribution in [2.24, 2.45) is 27.3 Å². The first-order valence-electron chi connectivity index (χ1n) is 5.27. The molecule has 1 aliphatic heterocycles. The third-order valence-electron chi connectivity index (χ3n) is 2.49. The summed E-state index contributed by atoms with van der Waals surface area (Å²) in [4.78, 5) is 3.81. The first-order valence-corrected chi connectivity index (χ1v) is 5.27. The standard InChI is InChI=1S/C11H14N6/c12-10(13)16-11(14)17-9(6-7-15-17)8-4-2-1-3-5-8/h1-5,7,9H,6H2,(H5,12,13,14,16)/p+1/t9-/m0/s1.